The Morgan fingerprint density at radius 1 is 1.20 bits per heavy atom. The molecule has 6 nitrogen and oxygen atoms in total. The number of nitrogens with zero attached hydrogens (tertiary/aromatic N) is 4. The summed E-state index contributed by atoms with van der Waals surface area (Å²) in [5, 5.41) is 4.01. The maximum absolute atomic E-state index is 13.8. The highest BCUT2D eigenvalue weighted by molar-refractivity contribution is 5.79. The van der Waals surface area contributed by atoms with Gasteiger partial charge in [-0.1, -0.05) is 23.4 Å². The van der Waals surface area contributed by atoms with E-state index in [2.05, 4.69) is 15.1 Å². The highest BCUT2D eigenvalue weighted by Gasteiger charge is 2.34. The van der Waals surface area contributed by atoms with Crippen molar-refractivity contribution in [3.63, 3.8) is 0 Å². The van der Waals surface area contributed by atoms with Crippen molar-refractivity contribution >= 4 is 5.91 Å². The Hall–Kier alpha value is -3.09. The van der Waals surface area contributed by atoms with Crippen molar-refractivity contribution in [3.05, 3.63) is 66.0 Å². The summed E-state index contributed by atoms with van der Waals surface area (Å²) < 4.78 is 19.1. The van der Waals surface area contributed by atoms with Gasteiger partial charge in [-0.2, -0.15) is 4.98 Å². The number of aromatic nitrogens is 3. The van der Waals surface area contributed by atoms with Gasteiger partial charge in [-0.15, -0.1) is 0 Å². The molecule has 0 spiro atoms. The first-order chi connectivity index (χ1) is 12.2. The van der Waals surface area contributed by atoms with Gasteiger partial charge in [0.05, 0.1) is 0 Å². The lowest BCUT2D eigenvalue weighted by Crippen LogP contribution is -2.25. The summed E-state index contributed by atoms with van der Waals surface area (Å²) in [5.41, 5.74) is 1.28. The summed E-state index contributed by atoms with van der Waals surface area (Å²) in [7, 11) is 0. The van der Waals surface area contributed by atoms with Gasteiger partial charge in [-0.05, 0) is 18.2 Å². The highest BCUT2D eigenvalue weighted by Crippen LogP contribution is 2.29. The van der Waals surface area contributed by atoms with E-state index >= 15 is 0 Å². The van der Waals surface area contributed by atoms with Crippen molar-refractivity contribution in [1.82, 2.24) is 20.0 Å². The van der Waals surface area contributed by atoms with Gasteiger partial charge in [0.2, 0.25) is 5.91 Å². The molecule has 0 N–H and O–H groups in total. The van der Waals surface area contributed by atoms with Crippen molar-refractivity contribution < 1.29 is 13.7 Å². The summed E-state index contributed by atoms with van der Waals surface area (Å²) in [6, 6.07) is 10.0. The fourth-order valence-corrected chi connectivity index (χ4v) is 2.94. The first-order valence-corrected chi connectivity index (χ1v) is 7.96. The number of carbonyl (C=O) groups is 1. The first kappa shape index (κ1) is 15.4. The van der Waals surface area contributed by atoms with Gasteiger partial charge >= 0.3 is 0 Å². The second-order valence-corrected chi connectivity index (χ2v) is 5.96. The van der Waals surface area contributed by atoms with Gasteiger partial charge in [-0.3, -0.25) is 9.78 Å². The zero-order valence-electron chi connectivity index (χ0n) is 13.3. The topological polar surface area (TPSA) is 72.1 Å². The van der Waals surface area contributed by atoms with Crippen LogP contribution in [0.1, 0.15) is 23.7 Å². The molecule has 7 heteroatoms. The van der Waals surface area contributed by atoms with Gasteiger partial charge in [0, 0.05) is 48.9 Å². The Labute approximate surface area is 143 Å². The van der Waals surface area contributed by atoms with Crippen LogP contribution in [0.25, 0.3) is 11.5 Å². The molecule has 1 aliphatic rings. The van der Waals surface area contributed by atoms with Crippen LogP contribution in [0.2, 0.25) is 0 Å². The van der Waals surface area contributed by atoms with Crippen LogP contribution in [0, 0.1) is 5.82 Å². The number of benzene rings is 1. The minimum absolute atomic E-state index is 0.0384. The van der Waals surface area contributed by atoms with E-state index in [1.807, 2.05) is 0 Å². The molecule has 4 rings (SSSR count). The Bertz CT molecular complexity index is 897. The van der Waals surface area contributed by atoms with E-state index in [1.165, 1.54) is 6.07 Å². The van der Waals surface area contributed by atoms with Crippen LogP contribution in [-0.4, -0.2) is 32.5 Å². The maximum Gasteiger partial charge on any atom is 0.258 e. The smallest absolute Gasteiger partial charge is 0.258 e. The molecular formula is C18H15FN4O2. The standard InChI is InChI=1S/C18H15FN4O2/c19-15-4-2-1-3-13(15)10-23-11-14(9-16(23)24)17-21-18(25-22-17)12-5-7-20-8-6-12/h1-8,14H,9-11H2. The van der Waals surface area contributed by atoms with Crippen LogP contribution in [0.4, 0.5) is 4.39 Å². The van der Waals surface area contributed by atoms with Gasteiger partial charge in [0.1, 0.15) is 5.82 Å². The van der Waals surface area contributed by atoms with E-state index in [4.69, 9.17) is 4.52 Å². The van der Waals surface area contributed by atoms with Crippen LogP contribution in [0.15, 0.2) is 53.3 Å². The van der Waals surface area contributed by atoms with Crippen LogP contribution in [0.5, 0.6) is 0 Å². The van der Waals surface area contributed by atoms with Crippen molar-refractivity contribution in [1.29, 1.82) is 0 Å². The van der Waals surface area contributed by atoms with Gasteiger partial charge in [-0.25, -0.2) is 4.39 Å². The largest absolute Gasteiger partial charge is 0.337 e. The lowest BCUT2D eigenvalue weighted by atomic mass is 10.1. The fourth-order valence-electron chi connectivity index (χ4n) is 2.94. The monoisotopic (exact) mass is 338 g/mol. The van der Waals surface area contributed by atoms with Crippen molar-refractivity contribution in [2.75, 3.05) is 6.54 Å². The van der Waals surface area contributed by atoms with Gasteiger partial charge in [0.15, 0.2) is 5.82 Å². The molecule has 3 heterocycles. The fraction of sp³-hybridized carbons (Fsp3) is 0.222. The molecule has 126 valence electrons. The molecule has 1 aliphatic heterocycles. The highest BCUT2D eigenvalue weighted by atomic mass is 19.1. The lowest BCUT2D eigenvalue weighted by Gasteiger charge is -2.16. The minimum Gasteiger partial charge on any atom is -0.337 e. The summed E-state index contributed by atoms with van der Waals surface area (Å²) in [4.78, 5) is 22.2. The molecule has 25 heavy (non-hydrogen) atoms. The molecule has 1 amide bonds. The average molecular weight is 338 g/mol. The van der Waals surface area contributed by atoms with Gasteiger partial charge < -0.3 is 9.42 Å². The van der Waals surface area contributed by atoms with E-state index in [0.29, 0.717) is 30.2 Å². The second kappa shape index (κ2) is 6.43. The Balaban J connectivity index is 1.49. The average Bonchev–Trinajstić information content (AvgIpc) is 3.25. The zero-order valence-corrected chi connectivity index (χ0v) is 13.3. The number of pyridine rings is 1. The number of carbonyl (C=O) groups excluding carboxylic acids is 1. The number of amides is 1. The van der Waals surface area contributed by atoms with Crippen LogP contribution < -0.4 is 0 Å². The molecular weight excluding hydrogens is 323 g/mol. The summed E-state index contributed by atoms with van der Waals surface area (Å²) in [5.74, 6) is 0.397. The van der Waals surface area contributed by atoms with Crippen LogP contribution >= 0.6 is 0 Å². The number of hydrogen-bond acceptors (Lipinski definition) is 5. The minimum atomic E-state index is -0.307. The second-order valence-electron chi connectivity index (χ2n) is 5.96. The molecule has 1 atom stereocenters. The molecule has 0 saturated carbocycles. The third-order valence-corrected chi connectivity index (χ3v) is 4.27. The molecule has 0 aliphatic carbocycles. The molecule has 1 unspecified atom stereocenters. The lowest BCUT2D eigenvalue weighted by molar-refractivity contribution is -0.128. The first-order valence-electron chi connectivity index (χ1n) is 7.96. The van der Waals surface area contributed by atoms with Crippen LogP contribution in [0.3, 0.4) is 0 Å². The Morgan fingerprint density at radius 2 is 2.00 bits per heavy atom. The van der Waals surface area contributed by atoms with E-state index in [0.717, 1.165) is 5.56 Å². The van der Waals surface area contributed by atoms with E-state index < -0.39 is 0 Å². The number of rotatable bonds is 4. The predicted molar refractivity (Wildman–Crippen MR) is 86.7 cm³/mol. The van der Waals surface area contributed by atoms with E-state index in [9.17, 15) is 9.18 Å². The van der Waals surface area contributed by atoms with Gasteiger partial charge in [0.25, 0.3) is 5.89 Å². The van der Waals surface area contributed by atoms with Crippen molar-refractivity contribution in [3.8, 4) is 11.5 Å². The summed E-state index contributed by atoms with van der Waals surface area (Å²) in [6.45, 7) is 0.694. The Morgan fingerprint density at radius 3 is 2.80 bits per heavy atom. The third kappa shape index (κ3) is 3.13. The molecule has 1 aromatic carbocycles. The van der Waals surface area contributed by atoms with Crippen molar-refractivity contribution in [2.24, 2.45) is 0 Å². The third-order valence-electron chi connectivity index (χ3n) is 4.27. The number of hydrogen-bond donors (Lipinski definition) is 0. The molecule has 2 aromatic heterocycles. The van der Waals surface area contributed by atoms with Crippen molar-refractivity contribution in [2.45, 2.75) is 18.9 Å². The van der Waals surface area contributed by atoms with E-state index in [1.54, 1.807) is 47.6 Å². The van der Waals surface area contributed by atoms with E-state index in [-0.39, 0.29) is 24.2 Å². The number of halogens is 1. The molecule has 0 bridgehead atoms. The predicted octanol–water partition coefficient (Wildman–Crippen LogP) is 2.79. The molecule has 0 radical (unpaired) electrons. The number of likely N-dealkylation sites (tertiary alicyclic amines) is 1. The quantitative estimate of drug-likeness (QED) is 0.731. The zero-order chi connectivity index (χ0) is 17.2. The summed E-state index contributed by atoms with van der Waals surface area (Å²) >= 11 is 0. The maximum atomic E-state index is 13.8. The molecule has 3 aromatic rings. The van der Waals surface area contributed by atoms with Crippen LogP contribution in [-0.2, 0) is 11.3 Å². The molecule has 1 fully saturated rings. The SMILES string of the molecule is O=C1CC(c2noc(-c3ccncc3)n2)CN1Cc1ccccc1F. The summed E-state index contributed by atoms with van der Waals surface area (Å²) in [6.07, 6.45) is 3.59. The normalized spacial score (nSPS) is 17.2. The molecule has 1 saturated heterocycles. The Kier molecular flexibility index (Phi) is 3.97.